The van der Waals surface area contributed by atoms with Crippen molar-refractivity contribution in [2.75, 3.05) is 10.6 Å². The molecule has 31 heavy (non-hydrogen) atoms. The Bertz CT molecular complexity index is 1200. The monoisotopic (exact) mass is 413 g/mol. The molecule has 0 aliphatic heterocycles. The van der Waals surface area contributed by atoms with Crippen LogP contribution in [0.1, 0.15) is 23.0 Å². The summed E-state index contributed by atoms with van der Waals surface area (Å²) in [4.78, 5) is 25.5. The second kappa shape index (κ2) is 9.17. The van der Waals surface area contributed by atoms with E-state index in [1.54, 1.807) is 43.5 Å². The number of carbonyl (C=O) groups is 2. The van der Waals surface area contributed by atoms with Crippen LogP contribution in [0.25, 0.3) is 10.8 Å². The van der Waals surface area contributed by atoms with Crippen molar-refractivity contribution in [3.63, 3.8) is 0 Å². The standard InChI is InChI=1S/C25H23N3O3/c1-17(24(29)28-22-14-6-9-18-8-2-3-11-20(18)22)27-23-13-5-4-12-21(23)25(30)26-16-19-10-7-15-31-19/h2-15,17,27H,16H2,1H3,(H,26,30)(H,28,29). The summed E-state index contributed by atoms with van der Waals surface area (Å²) in [5.41, 5.74) is 1.79. The lowest BCUT2D eigenvalue weighted by Crippen LogP contribution is -2.33. The molecular weight excluding hydrogens is 390 g/mol. The van der Waals surface area contributed by atoms with Crippen molar-refractivity contribution in [3.05, 3.63) is 96.4 Å². The normalized spacial score (nSPS) is 11.6. The van der Waals surface area contributed by atoms with Crippen molar-refractivity contribution in [2.24, 2.45) is 0 Å². The van der Waals surface area contributed by atoms with Crippen LogP contribution in [0.15, 0.2) is 89.5 Å². The van der Waals surface area contributed by atoms with Gasteiger partial charge in [-0.2, -0.15) is 0 Å². The highest BCUT2D eigenvalue weighted by Gasteiger charge is 2.18. The number of hydrogen-bond acceptors (Lipinski definition) is 4. The summed E-state index contributed by atoms with van der Waals surface area (Å²) in [7, 11) is 0. The van der Waals surface area contributed by atoms with E-state index in [4.69, 9.17) is 4.42 Å². The Morgan fingerprint density at radius 1 is 0.871 bits per heavy atom. The molecule has 4 aromatic rings. The third-order valence-electron chi connectivity index (χ3n) is 4.99. The van der Waals surface area contributed by atoms with Crippen LogP contribution in [0.5, 0.6) is 0 Å². The van der Waals surface area contributed by atoms with Gasteiger partial charge in [0.1, 0.15) is 11.8 Å². The van der Waals surface area contributed by atoms with E-state index in [0.29, 0.717) is 17.0 Å². The zero-order valence-corrected chi connectivity index (χ0v) is 17.1. The molecule has 0 spiro atoms. The van der Waals surface area contributed by atoms with Crippen LogP contribution in [0.2, 0.25) is 0 Å². The van der Waals surface area contributed by atoms with Crippen LogP contribution in [0.3, 0.4) is 0 Å². The number of para-hydroxylation sites is 1. The number of furan rings is 1. The first-order valence-electron chi connectivity index (χ1n) is 10.1. The first kappa shape index (κ1) is 20.2. The smallest absolute Gasteiger partial charge is 0.253 e. The van der Waals surface area contributed by atoms with Gasteiger partial charge in [-0.05, 0) is 42.6 Å². The minimum absolute atomic E-state index is 0.192. The topological polar surface area (TPSA) is 83.4 Å². The number of nitrogens with one attached hydrogen (secondary N) is 3. The van der Waals surface area contributed by atoms with Crippen molar-refractivity contribution >= 4 is 34.0 Å². The van der Waals surface area contributed by atoms with Crippen molar-refractivity contribution in [3.8, 4) is 0 Å². The van der Waals surface area contributed by atoms with Gasteiger partial charge in [-0.25, -0.2) is 0 Å². The second-order valence-electron chi connectivity index (χ2n) is 7.19. The molecule has 3 aromatic carbocycles. The zero-order valence-electron chi connectivity index (χ0n) is 17.1. The number of benzene rings is 3. The molecule has 1 heterocycles. The number of carbonyl (C=O) groups excluding carboxylic acids is 2. The van der Waals surface area contributed by atoms with Crippen molar-refractivity contribution in [2.45, 2.75) is 19.5 Å². The maximum atomic E-state index is 12.8. The third kappa shape index (κ3) is 4.75. The molecule has 0 saturated heterocycles. The molecule has 0 aliphatic carbocycles. The number of hydrogen-bond donors (Lipinski definition) is 3. The summed E-state index contributed by atoms with van der Waals surface area (Å²) in [5, 5.41) is 11.0. The van der Waals surface area contributed by atoms with E-state index in [0.717, 1.165) is 16.5 Å². The van der Waals surface area contributed by atoms with E-state index in [2.05, 4.69) is 16.0 Å². The number of amides is 2. The predicted molar refractivity (Wildman–Crippen MR) is 122 cm³/mol. The van der Waals surface area contributed by atoms with Crippen molar-refractivity contribution < 1.29 is 14.0 Å². The highest BCUT2D eigenvalue weighted by atomic mass is 16.3. The van der Waals surface area contributed by atoms with E-state index in [1.165, 1.54) is 0 Å². The maximum Gasteiger partial charge on any atom is 0.253 e. The van der Waals surface area contributed by atoms with Gasteiger partial charge >= 0.3 is 0 Å². The van der Waals surface area contributed by atoms with Crippen LogP contribution in [-0.2, 0) is 11.3 Å². The molecule has 6 heteroatoms. The first-order chi connectivity index (χ1) is 15.1. The van der Waals surface area contributed by atoms with Crippen LogP contribution in [0.4, 0.5) is 11.4 Å². The molecule has 3 N–H and O–H groups in total. The fourth-order valence-corrected chi connectivity index (χ4v) is 3.36. The Hall–Kier alpha value is -4.06. The molecule has 6 nitrogen and oxygen atoms in total. The van der Waals surface area contributed by atoms with Gasteiger partial charge < -0.3 is 20.4 Å². The molecule has 156 valence electrons. The quantitative estimate of drug-likeness (QED) is 0.406. The predicted octanol–water partition coefficient (Wildman–Crippen LogP) is 4.80. The molecule has 0 bridgehead atoms. The van der Waals surface area contributed by atoms with Crippen LogP contribution >= 0.6 is 0 Å². The Labute approximate surface area is 180 Å². The minimum atomic E-state index is -0.557. The van der Waals surface area contributed by atoms with Crippen molar-refractivity contribution in [1.82, 2.24) is 5.32 Å². The van der Waals surface area contributed by atoms with Gasteiger partial charge in [0, 0.05) is 16.8 Å². The third-order valence-corrected chi connectivity index (χ3v) is 4.99. The molecule has 0 radical (unpaired) electrons. The minimum Gasteiger partial charge on any atom is -0.467 e. The Balaban J connectivity index is 1.45. The molecule has 1 unspecified atom stereocenters. The summed E-state index contributed by atoms with van der Waals surface area (Å²) in [5.74, 6) is 0.227. The fourth-order valence-electron chi connectivity index (χ4n) is 3.36. The molecule has 4 rings (SSSR count). The summed E-state index contributed by atoms with van der Waals surface area (Å²) in [6.07, 6.45) is 1.56. The van der Waals surface area contributed by atoms with Gasteiger partial charge in [-0.1, -0.05) is 48.5 Å². The average Bonchev–Trinajstić information content (AvgIpc) is 3.32. The van der Waals surface area contributed by atoms with Crippen LogP contribution in [0, 0.1) is 0 Å². The molecule has 1 atom stereocenters. The summed E-state index contributed by atoms with van der Waals surface area (Å²) >= 11 is 0. The lowest BCUT2D eigenvalue weighted by atomic mass is 10.1. The summed E-state index contributed by atoms with van der Waals surface area (Å²) < 4.78 is 5.25. The van der Waals surface area contributed by atoms with E-state index >= 15 is 0 Å². The highest BCUT2D eigenvalue weighted by molar-refractivity contribution is 6.05. The van der Waals surface area contributed by atoms with Crippen LogP contribution < -0.4 is 16.0 Å². The zero-order chi connectivity index (χ0) is 21.6. The van der Waals surface area contributed by atoms with Gasteiger partial charge in [0.05, 0.1) is 18.4 Å². The van der Waals surface area contributed by atoms with Gasteiger partial charge in [-0.15, -0.1) is 0 Å². The Kier molecular flexibility index (Phi) is 5.98. The lowest BCUT2D eigenvalue weighted by molar-refractivity contribution is -0.116. The van der Waals surface area contributed by atoms with Gasteiger partial charge in [0.15, 0.2) is 0 Å². The average molecular weight is 413 g/mol. The SMILES string of the molecule is CC(Nc1ccccc1C(=O)NCc1ccco1)C(=O)Nc1cccc2ccccc12. The van der Waals surface area contributed by atoms with E-state index < -0.39 is 6.04 Å². The fraction of sp³-hybridized carbons (Fsp3) is 0.120. The van der Waals surface area contributed by atoms with E-state index in [1.807, 2.05) is 48.5 Å². The molecule has 2 amide bonds. The number of fused-ring (bicyclic) bond motifs is 1. The largest absolute Gasteiger partial charge is 0.467 e. The molecule has 0 aliphatic rings. The number of rotatable bonds is 7. The first-order valence-corrected chi connectivity index (χ1v) is 10.1. The molecule has 0 fully saturated rings. The van der Waals surface area contributed by atoms with Crippen LogP contribution in [-0.4, -0.2) is 17.9 Å². The van der Waals surface area contributed by atoms with Gasteiger partial charge in [0.25, 0.3) is 5.91 Å². The maximum absolute atomic E-state index is 12.8. The van der Waals surface area contributed by atoms with Gasteiger partial charge in [0.2, 0.25) is 5.91 Å². The Morgan fingerprint density at radius 2 is 1.61 bits per heavy atom. The summed E-state index contributed by atoms with van der Waals surface area (Å²) in [6.45, 7) is 2.05. The second-order valence-corrected chi connectivity index (χ2v) is 7.19. The number of anilines is 2. The molecule has 0 saturated carbocycles. The van der Waals surface area contributed by atoms with E-state index in [9.17, 15) is 9.59 Å². The van der Waals surface area contributed by atoms with E-state index in [-0.39, 0.29) is 18.4 Å². The Morgan fingerprint density at radius 3 is 2.45 bits per heavy atom. The molecular formula is C25H23N3O3. The van der Waals surface area contributed by atoms with Crippen molar-refractivity contribution in [1.29, 1.82) is 0 Å². The lowest BCUT2D eigenvalue weighted by Gasteiger charge is -2.18. The van der Waals surface area contributed by atoms with Gasteiger partial charge in [-0.3, -0.25) is 9.59 Å². The highest BCUT2D eigenvalue weighted by Crippen LogP contribution is 2.23. The molecule has 1 aromatic heterocycles. The summed E-state index contributed by atoms with van der Waals surface area (Å²) in [6, 6.07) is 23.8.